The Morgan fingerprint density at radius 3 is 2.54 bits per heavy atom. The molecule has 6 heteroatoms. The van der Waals surface area contributed by atoms with E-state index in [4.69, 9.17) is 5.11 Å². The number of aromatic nitrogens is 4. The average molecular weight is 322 g/mol. The predicted molar refractivity (Wildman–Crippen MR) is 89.5 cm³/mol. The van der Waals surface area contributed by atoms with Crippen LogP contribution in [0.15, 0.2) is 42.5 Å². The van der Waals surface area contributed by atoms with Gasteiger partial charge in [0.05, 0.1) is 5.69 Å². The number of carbonyl (C=O) groups is 1. The Bertz CT molecular complexity index is 891. The number of hydrogen-bond acceptors (Lipinski definition) is 3. The molecule has 2 aromatic heterocycles. The maximum atomic E-state index is 11.2. The minimum absolute atomic E-state index is 0.180. The summed E-state index contributed by atoms with van der Waals surface area (Å²) in [7, 11) is 1.97. The molecular formula is C18H18N4O2. The summed E-state index contributed by atoms with van der Waals surface area (Å²) >= 11 is 0. The third-order valence-corrected chi connectivity index (χ3v) is 4.34. The second kappa shape index (κ2) is 5.63. The molecule has 0 bridgehead atoms. The number of nitrogens with zero attached hydrogens (tertiary/aromatic N) is 4. The maximum Gasteiger partial charge on any atom is 0.325 e. The predicted octanol–water partition coefficient (Wildman–Crippen LogP) is 2.91. The van der Waals surface area contributed by atoms with Crippen molar-refractivity contribution in [3.8, 4) is 22.8 Å². The molecule has 4 rings (SSSR count). The number of carboxylic acid groups (broad SMARTS) is 1. The van der Waals surface area contributed by atoms with Gasteiger partial charge in [0.25, 0.3) is 0 Å². The van der Waals surface area contributed by atoms with E-state index in [1.807, 2.05) is 41.9 Å². The highest BCUT2D eigenvalue weighted by Gasteiger charge is 2.30. The van der Waals surface area contributed by atoms with Crippen LogP contribution >= 0.6 is 0 Å². The van der Waals surface area contributed by atoms with Gasteiger partial charge in [0.15, 0.2) is 11.6 Å². The monoisotopic (exact) mass is 322 g/mol. The Balaban J connectivity index is 1.78. The summed E-state index contributed by atoms with van der Waals surface area (Å²) in [6.45, 7) is -0.180. The zero-order valence-electron chi connectivity index (χ0n) is 13.4. The lowest BCUT2D eigenvalue weighted by Crippen LogP contribution is -2.12. The Labute approximate surface area is 139 Å². The van der Waals surface area contributed by atoms with E-state index >= 15 is 0 Å². The number of hydrogen-bond donors (Lipinski definition) is 1. The first kappa shape index (κ1) is 14.7. The smallest absolute Gasteiger partial charge is 0.325 e. The highest BCUT2D eigenvalue weighted by Crippen LogP contribution is 2.39. The van der Waals surface area contributed by atoms with Crippen LogP contribution in [0.4, 0.5) is 0 Å². The SMILES string of the molecule is Cn1c(-c2ccccc2)ccc1-c1nc(C2CC2)nn1CC(=O)O. The normalized spacial score (nSPS) is 14.0. The minimum atomic E-state index is -0.916. The van der Waals surface area contributed by atoms with Crippen molar-refractivity contribution in [2.45, 2.75) is 25.3 Å². The molecular weight excluding hydrogens is 304 g/mol. The van der Waals surface area contributed by atoms with Crippen LogP contribution in [-0.4, -0.2) is 30.4 Å². The van der Waals surface area contributed by atoms with E-state index in [0.29, 0.717) is 11.7 Å². The number of aliphatic carboxylic acids is 1. The number of rotatable bonds is 5. The second-order valence-electron chi connectivity index (χ2n) is 6.15. The van der Waals surface area contributed by atoms with Crippen LogP contribution in [0.5, 0.6) is 0 Å². The topological polar surface area (TPSA) is 72.9 Å². The van der Waals surface area contributed by atoms with E-state index in [1.54, 1.807) is 0 Å². The molecule has 1 saturated carbocycles. The molecule has 0 amide bonds. The molecule has 1 N–H and O–H groups in total. The van der Waals surface area contributed by atoms with E-state index in [-0.39, 0.29) is 6.54 Å². The molecule has 0 aliphatic heterocycles. The van der Waals surface area contributed by atoms with Crippen molar-refractivity contribution in [2.75, 3.05) is 0 Å². The van der Waals surface area contributed by atoms with Gasteiger partial charge in [-0.05, 0) is 30.5 Å². The van der Waals surface area contributed by atoms with E-state index in [2.05, 4.69) is 22.2 Å². The highest BCUT2D eigenvalue weighted by atomic mass is 16.4. The Hall–Kier alpha value is -2.89. The zero-order valence-corrected chi connectivity index (χ0v) is 13.4. The molecule has 3 aromatic rings. The summed E-state index contributed by atoms with van der Waals surface area (Å²) in [4.78, 5) is 15.8. The fourth-order valence-corrected chi connectivity index (χ4v) is 2.94. The van der Waals surface area contributed by atoms with Crippen molar-refractivity contribution in [3.63, 3.8) is 0 Å². The molecule has 0 saturated heterocycles. The molecule has 0 spiro atoms. The van der Waals surface area contributed by atoms with Crippen molar-refractivity contribution >= 4 is 5.97 Å². The zero-order chi connectivity index (χ0) is 16.7. The quantitative estimate of drug-likeness (QED) is 0.784. The summed E-state index contributed by atoms with van der Waals surface area (Å²) in [5.74, 6) is 0.839. The second-order valence-corrected chi connectivity index (χ2v) is 6.15. The Morgan fingerprint density at radius 1 is 1.17 bits per heavy atom. The molecule has 122 valence electrons. The van der Waals surface area contributed by atoms with Crippen LogP contribution in [0.25, 0.3) is 22.8 Å². The average Bonchev–Trinajstić information content (AvgIpc) is 3.24. The van der Waals surface area contributed by atoms with Crippen LogP contribution in [0, 0.1) is 0 Å². The molecule has 6 nitrogen and oxygen atoms in total. The fraction of sp³-hybridized carbons (Fsp3) is 0.278. The van der Waals surface area contributed by atoms with Gasteiger partial charge in [-0.15, -0.1) is 0 Å². The number of benzene rings is 1. The Kier molecular flexibility index (Phi) is 3.45. The molecule has 1 aliphatic carbocycles. The fourth-order valence-electron chi connectivity index (χ4n) is 2.94. The van der Waals surface area contributed by atoms with Crippen molar-refractivity contribution in [2.24, 2.45) is 7.05 Å². The van der Waals surface area contributed by atoms with Crippen LogP contribution < -0.4 is 0 Å². The van der Waals surface area contributed by atoms with Gasteiger partial charge in [0.1, 0.15) is 6.54 Å². The molecule has 2 heterocycles. The van der Waals surface area contributed by atoms with Gasteiger partial charge < -0.3 is 9.67 Å². The molecule has 1 aliphatic rings. The highest BCUT2D eigenvalue weighted by molar-refractivity contribution is 5.69. The first-order chi connectivity index (χ1) is 11.6. The first-order valence-corrected chi connectivity index (χ1v) is 8.01. The van der Waals surface area contributed by atoms with E-state index in [0.717, 1.165) is 35.6 Å². The van der Waals surface area contributed by atoms with Crippen LogP contribution in [0.2, 0.25) is 0 Å². The van der Waals surface area contributed by atoms with Gasteiger partial charge in [-0.3, -0.25) is 4.79 Å². The summed E-state index contributed by atoms with van der Waals surface area (Å²) in [6.07, 6.45) is 2.16. The summed E-state index contributed by atoms with van der Waals surface area (Å²) < 4.78 is 3.54. The van der Waals surface area contributed by atoms with Crippen molar-refractivity contribution < 1.29 is 9.90 Å². The first-order valence-electron chi connectivity index (χ1n) is 8.01. The molecule has 24 heavy (non-hydrogen) atoms. The molecule has 0 atom stereocenters. The van der Waals surface area contributed by atoms with Gasteiger partial charge in [0, 0.05) is 18.7 Å². The lowest BCUT2D eigenvalue weighted by atomic mass is 10.2. The van der Waals surface area contributed by atoms with Crippen molar-refractivity contribution in [1.82, 2.24) is 19.3 Å². The van der Waals surface area contributed by atoms with Gasteiger partial charge >= 0.3 is 5.97 Å². The third-order valence-electron chi connectivity index (χ3n) is 4.34. The summed E-state index contributed by atoms with van der Waals surface area (Å²) in [5, 5.41) is 13.6. The van der Waals surface area contributed by atoms with E-state index in [1.165, 1.54) is 4.68 Å². The molecule has 1 fully saturated rings. The third kappa shape index (κ3) is 2.60. The van der Waals surface area contributed by atoms with Gasteiger partial charge in [-0.2, -0.15) is 5.10 Å². The maximum absolute atomic E-state index is 11.2. The van der Waals surface area contributed by atoms with Gasteiger partial charge in [0.2, 0.25) is 0 Å². The molecule has 1 aromatic carbocycles. The van der Waals surface area contributed by atoms with Crippen LogP contribution in [0.3, 0.4) is 0 Å². The lowest BCUT2D eigenvalue weighted by Gasteiger charge is -2.08. The standard InChI is InChI=1S/C18H18N4O2/c1-21-14(12-5-3-2-4-6-12)9-10-15(21)18-19-17(13-7-8-13)20-22(18)11-16(23)24/h2-6,9-10,13H,7-8,11H2,1H3,(H,23,24). The van der Waals surface area contributed by atoms with Crippen molar-refractivity contribution in [1.29, 1.82) is 0 Å². The van der Waals surface area contributed by atoms with E-state index in [9.17, 15) is 4.79 Å². The van der Waals surface area contributed by atoms with Gasteiger partial charge in [-0.1, -0.05) is 30.3 Å². The number of carboxylic acids is 1. The summed E-state index contributed by atoms with van der Waals surface area (Å²) in [5.41, 5.74) is 3.04. The van der Waals surface area contributed by atoms with Crippen LogP contribution in [0.1, 0.15) is 24.6 Å². The van der Waals surface area contributed by atoms with Gasteiger partial charge in [-0.25, -0.2) is 9.67 Å². The van der Waals surface area contributed by atoms with Crippen molar-refractivity contribution in [3.05, 3.63) is 48.3 Å². The van der Waals surface area contributed by atoms with E-state index < -0.39 is 5.97 Å². The summed E-state index contributed by atoms with van der Waals surface area (Å²) in [6, 6.07) is 14.1. The largest absolute Gasteiger partial charge is 0.480 e. The molecule has 0 radical (unpaired) electrons. The van der Waals surface area contributed by atoms with Crippen LogP contribution in [-0.2, 0) is 18.4 Å². The minimum Gasteiger partial charge on any atom is -0.480 e. The lowest BCUT2D eigenvalue weighted by molar-refractivity contribution is -0.137. The molecule has 0 unspecified atom stereocenters. The Morgan fingerprint density at radius 2 is 1.88 bits per heavy atom.